The molecule has 0 radical (unpaired) electrons. The van der Waals surface area contributed by atoms with E-state index < -0.39 is 12.5 Å². The zero-order valence-electron chi connectivity index (χ0n) is 5.91. The van der Waals surface area contributed by atoms with Crippen molar-refractivity contribution < 1.29 is 13.9 Å². The van der Waals surface area contributed by atoms with Gasteiger partial charge in [-0.2, -0.15) is 0 Å². The molecule has 5 heteroatoms. The molecule has 1 rings (SSSR count). The van der Waals surface area contributed by atoms with E-state index in [1.54, 1.807) is 7.05 Å². The molecule has 0 aromatic carbocycles. The normalized spacial score (nSPS) is 13.9. The van der Waals surface area contributed by atoms with Gasteiger partial charge in [0.15, 0.2) is 6.10 Å². The van der Waals surface area contributed by atoms with E-state index in [9.17, 15) is 8.78 Å². The molecule has 1 heterocycles. The quantitative estimate of drug-likeness (QED) is 0.695. The number of imidazole rings is 1. The van der Waals surface area contributed by atoms with Gasteiger partial charge in [-0.25, -0.2) is 13.8 Å². The third kappa shape index (κ3) is 1.74. The zero-order valence-corrected chi connectivity index (χ0v) is 5.91. The summed E-state index contributed by atoms with van der Waals surface area (Å²) in [4.78, 5) is 3.57. The summed E-state index contributed by atoms with van der Waals surface area (Å²) in [7, 11) is 1.65. The first-order valence-corrected chi connectivity index (χ1v) is 3.05. The first-order chi connectivity index (χ1) is 5.11. The van der Waals surface area contributed by atoms with Crippen LogP contribution in [0.2, 0.25) is 0 Å². The lowest BCUT2D eigenvalue weighted by Crippen LogP contribution is -2.08. The largest absolute Gasteiger partial charge is 0.381 e. The maximum absolute atomic E-state index is 11.8. The lowest BCUT2D eigenvalue weighted by molar-refractivity contribution is -0.00803. The van der Waals surface area contributed by atoms with Crippen molar-refractivity contribution >= 4 is 0 Å². The van der Waals surface area contributed by atoms with Crippen molar-refractivity contribution in [1.29, 1.82) is 0 Å². The average Bonchev–Trinajstić information content (AvgIpc) is 2.34. The number of aliphatic hydroxyl groups is 1. The molecule has 0 fully saturated rings. The third-order valence-electron chi connectivity index (χ3n) is 1.27. The van der Waals surface area contributed by atoms with Crippen LogP contribution in [0.3, 0.4) is 0 Å². The molecular weight excluding hydrogens is 154 g/mol. The van der Waals surface area contributed by atoms with Crippen molar-refractivity contribution in [1.82, 2.24) is 9.55 Å². The van der Waals surface area contributed by atoms with Gasteiger partial charge in [-0.3, -0.25) is 0 Å². The molecule has 1 aromatic heterocycles. The van der Waals surface area contributed by atoms with Gasteiger partial charge < -0.3 is 9.67 Å². The van der Waals surface area contributed by atoms with Gasteiger partial charge in [0.2, 0.25) is 0 Å². The minimum atomic E-state index is -2.77. The van der Waals surface area contributed by atoms with Crippen LogP contribution in [-0.2, 0) is 7.05 Å². The van der Waals surface area contributed by atoms with Gasteiger partial charge in [-0.15, -0.1) is 0 Å². The Morgan fingerprint density at radius 3 is 2.64 bits per heavy atom. The number of aromatic nitrogens is 2. The van der Waals surface area contributed by atoms with Crippen molar-refractivity contribution in [3.05, 3.63) is 18.2 Å². The van der Waals surface area contributed by atoms with E-state index >= 15 is 0 Å². The van der Waals surface area contributed by atoms with Crippen molar-refractivity contribution in [3.63, 3.8) is 0 Å². The zero-order chi connectivity index (χ0) is 8.43. The highest BCUT2D eigenvalue weighted by Gasteiger charge is 2.20. The van der Waals surface area contributed by atoms with Crippen LogP contribution in [0.4, 0.5) is 8.78 Å². The Morgan fingerprint density at radius 2 is 2.27 bits per heavy atom. The molecule has 0 saturated heterocycles. The third-order valence-corrected chi connectivity index (χ3v) is 1.27. The van der Waals surface area contributed by atoms with E-state index in [0.717, 1.165) is 0 Å². The van der Waals surface area contributed by atoms with E-state index in [2.05, 4.69) is 4.98 Å². The molecule has 62 valence electrons. The van der Waals surface area contributed by atoms with Gasteiger partial charge in [0.25, 0.3) is 6.43 Å². The highest BCUT2D eigenvalue weighted by molar-refractivity contribution is 5.01. The van der Waals surface area contributed by atoms with Crippen LogP contribution >= 0.6 is 0 Å². The molecule has 11 heavy (non-hydrogen) atoms. The second-order valence-corrected chi connectivity index (χ2v) is 2.24. The lowest BCUT2D eigenvalue weighted by atomic mass is 10.3. The summed E-state index contributed by atoms with van der Waals surface area (Å²) in [5.41, 5.74) is 0.00231. The Bertz CT molecular complexity index is 236. The standard InChI is InChI=1S/C6H8F2N2O/c1-10-2-4(9-3-10)5(11)6(7)8/h2-3,5-6,11H,1H3. The molecule has 0 bridgehead atoms. The summed E-state index contributed by atoms with van der Waals surface area (Å²) in [5, 5.41) is 8.79. The van der Waals surface area contributed by atoms with Gasteiger partial charge in [0.1, 0.15) is 0 Å². The molecular formula is C6H8F2N2O. The number of halogens is 2. The highest BCUT2D eigenvalue weighted by Crippen LogP contribution is 2.17. The Balaban J connectivity index is 2.76. The monoisotopic (exact) mass is 162 g/mol. The Kier molecular flexibility index (Phi) is 2.19. The average molecular weight is 162 g/mol. The smallest absolute Gasteiger partial charge is 0.269 e. The SMILES string of the molecule is Cn1cnc(C(O)C(F)F)c1. The summed E-state index contributed by atoms with van der Waals surface area (Å²) in [6.45, 7) is 0. The van der Waals surface area contributed by atoms with E-state index in [0.29, 0.717) is 0 Å². The lowest BCUT2D eigenvalue weighted by Gasteiger charge is -2.03. The van der Waals surface area contributed by atoms with Crippen molar-refractivity contribution in [2.24, 2.45) is 7.05 Å². The number of alkyl halides is 2. The number of rotatable bonds is 2. The summed E-state index contributed by atoms with van der Waals surface area (Å²) < 4.78 is 25.1. The van der Waals surface area contributed by atoms with Crippen molar-refractivity contribution in [2.45, 2.75) is 12.5 Å². The number of aryl methyl sites for hydroxylation is 1. The number of nitrogens with zero attached hydrogens (tertiary/aromatic N) is 2. The van der Waals surface area contributed by atoms with Crippen LogP contribution in [0.25, 0.3) is 0 Å². The van der Waals surface area contributed by atoms with Gasteiger partial charge >= 0.3 is 0 Å². The van der Waals surface area contributed by atoms with Gasteiger partial charge in [0, 0.05) is 13.2 Å². The molecule has 1 N–H and O–H groups in total. The summed E-state index contributed by atoms with van der Waals surface area (Å²) in [6, 6.07) is 0. The molecule has 3 nitrogen and oxygen atoms in total. The van der Waals surface area contributed by atoms with Crippen LogP contribution < -0.4 is 0 Å². The predicted molar refractivity (Wildman–Crippen MR) is 34.2 cm³/mol. The molecule has 0 aliphatic carbocycles. The Morgan fingerprint density at radius 1 is 1.64 bits per heavy atom. The maximum Gasteiger partial charge on any atom is 0.269 e. The topological polar surface area (TPSA) is 38.0 Å². The van der Waals surface area contributed by atoms with Crippen LogP contribution in [0.5, 0.6) is 0 Å². The fraction of sp³-hybridized carbons (Fsp3) is 0.500. The molecule has 0 amide bonds. The van der Waals surface area contributed by atoms with E-state index in [1.807, 2.05) is 0 Å². The summed E-state index contributed by atoms with van der Waals surface area (Å²) >= 11 is 0. The number of hydrogen-bond donors (Lipinski definition) is 1. The number of hydrogen-bond acceptors (Lipinski definition) is 2. The minimum Gasteiger partial charge on any atom is -0.381 e. The second kappa shape index (κ2) is 2.96. The Hall–Kier alpha value is -0.970. The van der Waals surface area contributed by atoms with Crippen LogP contribution in [0, 0.1) is 0 Å². The molecule has 1 unspecified atom stereocenters. The molecule has 0 aliphatic rings. The number of aliphatic hydroxyl groups excluding tert-OH is 1. The molecule has 0 spiro atoms. The van der Waals surface area contributed by atoms with Gasteiger partial charge in [-0.1, -0.05) is 0 Å². The highest BCUT2D eigenvalue weighted by atomic mass is 19.3. The van der Waals surface area contributed by atoms with Crippen molar-refractivity contribution in [3.8, 4) is 0 Å². The fourth-order valence-corrected chi connectivity index (χ4v) is 0.715. The Labute approximate surface area is 62.3 Å². The molecule has 1 atom stereocenters. The van der Waals surface area contributed by atoms with Crippen LogP contribution in [-0.4, -0.2) is 21.1 Å². The minimum absolute atomic E-state index is 0.00231. The van der Waals surface area contributed by atoms with Gasteiger partial charge in [-0.05, 0) is 0 Å². The predicted octanol–water partition coefficient (Wildman–Crippen LogP) is 0.719. The first kappa shape index (κ1) is 8.13. The van der Waals surface area contributed by atoms with Gasteiger partial charge in [0.05, 0.1) is 12.0 Å². The second-order valence-electron chi connectivity index (χ2n) is 2.24. The van der Waals surface area contributed by atoms with Crippen LogP contribution in [0.15, 0.2) is 12.5 Å². The fourth-order valence-electron chi connectivity index (χ4n) is 0.715. The maximum atomic E-state index is 11.8. The van der Waals surface area contributed by atoms with Crippen molar-refractivity contribution in [2.75, 3.05) is 0 Å². The van der Waals surface area contributed by atoms with E-state index in [4.69, 9.17) is 5.11 Å². The molecule has 0 saturated carbocycles. The summed E-state index contributed by atoms with van der Waals surface area (Å²) in [5.74, 6) is 0. The first-order valence-electron chi connectivity index (χ1n) is 3.05. The van der Waals surface area contributed by atoms with Crippen LogP contribution in [0.1, 0.15) is 11.8 Å². The van der Waals surface area contributed by atoms with E-state index in [1.165, 1.54) is 17.1 Å². The van der Waals surface area contributed by atoms with E-state index in [-0.39, 0.29) is 5.69 Å². The molecule has 1 aromatic rings. The summed E-state index contributed by atoms with van der Waals surface area (Å²) in [6.07, 6.45) is -1.82. The molecule has 0 aliphatic heterocycles.